The summed E-state index contributed by atoms with van der Waals surface area (Å²) in [6, 6.07) is -0.961. The predicted octanol–water partition coefficient (Wildman–Crippen LogP) is 1.53. The molecular formula is C28H38FNO7. The molecule has 0 aromatic heterocycles. The molecule has 0 radical (unpaired) electrons. The van der Waals surface area contributed by atoms with Crippen LogP contribution >= 0.6 is 0 Å². The van der Waals surface area contributed by atoms with Crippen molar-refractivity contribution in [2.24, 2.45) is 34.3 Å². The lowest BCUT2D eigenvalue weighted by Gasteiger charge is -2.62. The van der Waals surface area contributed by atoms with E-state index in [-0.39, 0.29) is 31.3 Å². The van der Waals surface area contributed by atoms with Gasteiger partial charge in [0.2, 0.25) is 5.78 Å². The maximum Gasteiger partial charge on any atom is 0.201 e. The van der Waals surface area contributed by atoms with Gasteiger partial charge in [-0.05, 0) is 57.4 Å². The molecule has 0 aromatic carbocycles. The summed E-state index contributed by atoms with van der Waals surface area (Å²) in [5.41, 5.74) is -1.20. The number of Topliss-reactive ketones (excluding diaryl/α,β-unsaturated/α-hetero) is 3. The van der Waals surface area contributed by atoms with Gasteiger partial charge in [-0.15, -0.1) is 0 Å². The number of nitrogens with two attached hydrogens (primary N) is 1. The highest BCUT2D eigenvalue weighted by atomic mass is 19.1. The van der Waals surface area contributed by atoms with Crippen molar-refractivity contribution in [1.29, 1.82) is 0 Å². The predicted molar refractivity (Wildman–Crippen MR) is 132 cm³/mol. The molecule has 0 saturated heterocycles. The third kappa shape index (κ3) is 3.40. The van der Waals surface area contributed by atoms with Crippen LogP contribution in [0.1, 0.15) is 66.7 Å². The van der Waals surface area contributed by atoms with Gasteiger partial charge in [-0.25, -0.2) is 4.39 Å². The van der Waals surface area contributed by atoms with Gasteiger partial charge >= 0.3 is 0 Å². The Kier molecular flexibility index (Phi) is 6.59. The molecular weight excluding hydrogens is 481 g/mol. The molecule has 3 saturated carbocycles. The summed E-state index contributed by atoms with van der Waals surface area (Å²) in [6.45, 7) is 7.81. The zero-order valence-electron chi connectivity index (χ0n) is 22.1. The fourth-order valence-electron chi connectivity index (χ4n) is 8.15. The SMILES string of the molecule is CCC(=O)C(O)C(=O)[C@@]1(O)[C@H](C)C[C@H]2[C@@H]3CCC4=CC(=O)C(C(=O)[C@H](C)N)=C[C@]4(C)[C@@]3(F)[C@@H](O)C[C@@]21C. The van der Waals surface area contributed by atoms with Crippen LogP contribution < -0.4 is 5.73 Å². The van der Waals surface area contributed by atoms with Crippen LogP contribution in [0.2, 0.25) is 0 Å². The summed E-state index contributed by atoms with van der Waals surface area (Å²) in [6.07, 6.45) is -0.578. The van der Waals surface area contributed by atoms with Crippen molar-refractivity contribution < 1.29 is 38.9 Å². The van der Waals surface area contributed by atoms with Gasteiger partial charge in [0, 0.05) is 23.2 Å². The molecule has 4 aliphatic rings. The number of alkyl halides is 1. The second-order valence-corrected chi connectivity index (χ2v) is 12.1. The van der Waals surface area contributed by atoms with Crippen LogP contribution in [0.3, 0.4) is 0 Å². The second kappa shape index (κ2) is 8.73. The number of carbonyl (C=O) groups is 4. The van der Waals surface area contributed by atoms with Gasteiger partial charge in [-0.3, -0.25) is 19.2 Å². The van der Waals surface area contributed by atoms with Crippen molar-refractivity contribution in [3.63, 3.8) is 0 Å². The average molecular weight is 520 g/mol. The standard InChI is InChI=1S/C28H38FNO7/c1-6-19(31)23(35)24(36)28(37)13(2)9-18-17-8-7-15-10-20(32)16(22(34)14(3)30)11-25(15,4)27(17,29)21(33)12-26(18,28)5/h10-11,13-14,17-18,21,23,33,35,37H,6-9,12,30H2,1-5H3/t13-,14+,17+,18+,21+,23?,25+,26+,27+,28+/m1/s1. The number of carbonyl (C=O) groups excluding carboxylic acids is 4. The quantitative estimate of drug-likeness (QED) is 0.304. The zero-order valence-corrected chi connectivity index (χ0v) is 22.1. The lowest BCUT2D eigenvalue weighted by molar-refractivity contribution is -0.221. The second-order valence-electron chi connectivity index (χ2n) is 12.1. The molecule has 0 aliphatic heterocycles. The summed E-state index contributed by atoms with van der Waals surface area (Å²) < 4.78 is 17.6. The first kappa shape index (κ1) is 28.0. The molecule has 37 heavy (non-hydrogen) atoms. The molecule has 4 rings (SSSR count). The van der Waals surface area contributed by atoms with Gasteiger partial charge < -0.3 is 21.1 Å². The minimum atomic E-state index is -2.29. The number of aliphatic hydroxyl groups excluding tert-OH is 2. The van der Waals surface area contributed by atoms with Crippen molar-refractivity contribution in [3.8, 4) is 0 Å². The Balaban J connectivity index is 1.82. The molecule has 10 atom stereocenters. The Bertz CT molecular complexity index is 1130. The molecule has 0 heterocycles. The van der Waals surface area contributed by atoms with Crippen molar-refractivity contribution in [2.45, 2.75) is 96.2 Å². The molecule has 4 aliphatic carbocycles. The molecule has 3 fully saturated rings. The van der Waals surface area contributed by atoms with E-state index in [1.54, 1.807) is 20.8 Å². The van der Waals surface area contributed by atoms with E-state index in [1.807, 2.05) is 0 Å². The summed E-state index contributed by atoms with van der Waals surface area (Å²) >= 11 is 0. The van der Waals surface area contributed by atoms with E-state index < -0.39 is 81.2 Å². The number of hydrogen-bond acceptors (Lipinski definition) is 8. The number of rotatable bonds is 6. The zero-order chi connectivity index (χ0) is 27.9. The molecule has 0 amide bonds. The molecule has 9 heteroatoms. The van der Waals surface area contributed by atoms with E-state index in [2.05, 4.69) is 0 Å². The van der Waals surface area contributed by atoms with Crippen LogP contribution in [-0.2, 0) is 19.2 Å². The molecule has 0 aromatic rings. The van der Waals surface area contributed by atoms with E-state index in [9.17, 15) is 34.5 Å². The lowest BCUT2D eigenvalue weighted by atomic mass is 9.44. The van der Waals surface area contributed by atoms with Crippen LogP contribution in [0, 0.1) is 28.6 Å². The Hall–Kier alpha value is -2.07. The normalized spacial score (nSPS) is 44.5. The molecule has 0 spiro atoms. The minimum absolute atomic E-state index is 0.0860. The summed E-state index contributed by atoms with van der Waals surface area (Å²) in [7, 11) is 0. The molecule has 5 N–H and O–H groups in total. The van der Waals surface area contributed by atoms with Gasteiger partial charge in [0.05, 0.1) is 17.7 Å². The fourth-order valence-corrected chi connectivity index (χ4v) is 8.15. The molecule has 204 valence electrons. The first-order valence-electron chi connectivity index (χ1n) is 13.1. The Morgan fingerprint density at radius 1 is 1.24 bits per heavy atom. The summed E-state index contributed by atoms with van der Waals surface area (Å²) in [5, 5.41) is 33.8. The van der Waals surface area contributed by atoms with E-state index >= 15 is 4.39 Å². The van der Waals surface area contributed by atoms with E-state index in [4.69, 9.17) is 5.73 Å². The Labute approximate surface area is 216 Å². The van der Waals surface area contributed by atoms with Gasteiger partial charge in [0.15, 0.2) is 29.1 Å². The van der Waals surface area contributed by atoms with Gasteiger partial charge in [0.25, 0.3) is 0 Å². The number of aliphatic hydroxyl groups is 3. The highest BCUT2D eigenvalue weighted by molar-refractivity contribution is 6.26. The summed E-state index contributed by atoms with van der Waals surface area (Å²) in [4.78, 5) is 51.0. The monoisotopic (exact) mass is 519 g/mol. The first-order valence-corrected chi connectivity index (χ1v) is 13.1. The number of ketones is 4. The lowest BCUT2D eigenvalue weighted by Crippen LogP contribution is -2.70. The molecule has 0 bridgehead atoms. The van der Waals surface area contributed by atoms with Crippen molar-refractivity contribution in [2.75, 3.05) is 0 Å². The van der Waals surface area contributed by atoms with Crippen molar-refractivity contribution in [3.05, 3.63) is 23.3 Å². The largest absolute Gasteiger partial charge is 0.390 e. The smallest absolute Gasteiger partial charge is 0.201 e. The number of halogens is 1. The van der Waals surface area contributed by atoms with Crippen LogP contribution in [0.4, 0.5) is 4.39 Å². The first-order chi connectivity index (χ1) is 17.0. The highest BCUT2D eigenvalue weighted by Crippen LogP contribution is 2.71. The molecule has 1 unspecified atom stereocenters. The molecule has 8 nitrogen and oxygen atoms in total. The fraction of sp³-hybridized carbons (Fsp3) is 0.714. The maximum absolute atomic E-state index is 17.6. The maximum atomic E-state index is 17.6. The highest BCUT2D eigenvalue weighted by Gasteiger charge is 2.76. The van der Waals surface area contributed by atoms with E-state index in [1.165, 1.54) is 26.0 Å². The van der Waals surface area contributed by atoms with Crippen LogP contribution in [0.25, 0.3) is 0 Å². The third-order valence-corrected chi connectivity index (χ3v) is 10.3. The van der Waals surface area contributed by atoms with Gasteiger partial charge in [-0.1, -0.05) is 32.4 Å². The van der Waals surface area contributed by atoms with E-state index in [0.717, 1.165) is 0 Å². The van der Waals surface area contributed by atoms with Crippen LogP contribution in [0.5, 0.6) is 0 Å². The summed E-state index contributed by atoms with van der Waals surface area (Å²) in [5.74, 6) is -4.94. The minimum Gasteiger partial charge on any atom is -0.390 e. The van der Waals surface area contributed by atoms with Crippen molar-refractivity contribution in [1.82, 2.24) is 0 Å². The van der Waals surface area contributed by atoms with Crippen LogP contribution in [0.15, 0.2) is 23.3 Å². The number of fused-ring (bicyclic) bond motifs is 5. The Morgan fingerprint density at radius 2 is 1.86 bits per heavy atom. The van der Waals surface area contributed by atoms with Gasteiger partial charge in [-0.2, -0.15) is 0 Å². The van der Waals surface area contributed by atoms with Gasteiger partial charge in [0.1, 0.15) is 5.60 Å². The third-order valence-electron chi connectivity index (χ3n) is 10.3. The topological polar surface area (TPSA) is 155 Å². The average Bonchev–Trinajstić information content (AvgIpc) is 3.04. The van der Waals surface area contributed by atoms with Crippen molar-refractivity contribution >= 4 is 23.1 Å². The number of allylic oxidation sites excluding steroid dienone is 3. The van der Waals surface area contributed by atoms with Crippen LogP contribution in [-0.4, -0.2) is 68.0 Å². The Morgan fingerprint density at radius 3 is 2.43 bits per heavy atom. The van der Waals surface area contributed by atoms with E-state index in [0.29, 0.717) is 12.0 Å². The number of hydrogen-bond donors (Lipinski definition) is 4.